The van der Waals surface area contributed by atoms with Crippen LogP contribution in [0.25, 0.3) is 0 Å². The fourth-order valence-corrected chi connectivity index (χ4v) is 1.80. The molecule has 0 saturated heterocycles. The van der Waals surface area contributed by atoms with Gasteiger partial charge in [-0.2, -0.15) is 0 Å². The first kappa shape index (κ1) is 12.2. The number of methoxy groups -OCH3 is 1. The lowest BCUT2D eigenvalue weighted by molar-refractivity contribution is 0.415. The van der Waals surface area contributed by atoms with Crippen molar-refractivity contribution in [2.75, 3.05) is 12.4 Å². The van der Waals surface area contributed by atoms with Crippen LogP contribution in [0.1, 0.15) is 26.7 Å². The summed E-state index contributed by atoms with van der Waals surface area (Å²) in [7, 11) is 1.62. The molecular weight excluding hydrogens is 210 g/mol. The second-order valence-electron chi connectivity index (χ2n) is 3.68. The largest absolute Gasteiger partial charge is 0.495 e. The second kappa shape index (κ2) is 5.86. The highest BCUT2D eigenvalue weighted by Gasteiger charge is 2.04. The molecule has 1 N–H and O–H groups in total. The number of benzene rings is 1. The van der Waals surface area contributed by atoms with E-state index < -0.39 is 0 Å². The van der Waals surface area contributed by atoms with Crippen LogP contribution in [0.4, 0.5) is 5.69 Å². The van der Waals surface area contributed by atoms with Crippen molar-refractivity contribution in [2.45, 2.75) is 32.7 Å². The molecule has 1 atom stereocenters. The highest BCUT2D eigenvalue weighted by Crippen LogP contribution is 2.27. The molecule has 0 saturated carbocycles. The standard InChI is InChI=1S/C12H18ClNO/c1-4-5-9(2)14-10-6-7-12(15-3)11(13)8-10/h6-9,14H,4-5H2,1-3H3/t9-/m1/s1. The topological polar surface area (TPSA) is 21.3 Å². The smallest absolute Gasteiger partial charge is 0.137 e. The minimum absolute atomic E-state index is 0.472. The lowest BCUT2D eigenvalue weighted by Gasteiger charge is -2.15. The van der Waals surface area contributed by atoms with E-state index >= 15 is 0 Å². The Morgan fingerprint density at radius 3 is 2.73 bits per heavy atom. The van der Waals surface area contributed by atoms with Gasteiger partial charge in [0.05, 0.1) is 12.1 Å². The maximum absolute atomic E-state index is 6.03. The SMILES string of the molecule is CCC[C@@H](C)Nc1ccc(OC)c(Cl)c1. The Morgan fingerprint density at radius 2 is 2.20 bits per heavy atom. The highest BCUT2D eigenvalue weighted by molar-refractivity contribution is 6.32. The third kappa shape index (κ3) is 3.63. The molecule has 0 spiro atoms. The molecule has 1 rings (SSSR count). The first-order valence-electron chi connectivity index (χ1n) is 5.27. The maximum atomic E-state index is 6.03. The van der Waals surface area contributed by atoms with Crippen LogP contribution in [-0.4, -0.2) is 13.2 Å². The van der Waals surface area contributed by atoms with Crippen molar-refractivity contribution >= 4 is 17.3 Å². The van der Waals surface area contributed by atoms with Gasteiger partial charge in [0.2, 0.25) is 0 Å². The first-order chi connectivity index (χ1) is 7.17. The quantitative estimate of drug-likeness (QED) is 0.823. The van der Waals surface area contributed by atoms with Gasteiger partial charge < -0.3 is 10.1 Å². The van der Waals surface area contributed by atoms with Crippen molar-refractivity contribution in [3.63, 3.8) is 0 Å². The molecule has 0 aliphatic heterocycles. The molecule has 0 aromatic heterocycles. The van der Waals surface area contributed by atoms with E-state index in [0.29, 0.717) is 16.8 Å². The Labute approximate surface area is 96.6 Å². The lowest BCUT2D eigenvalue weighted by Crippen LogP contribution is -2.14. The zero-order valence-electron chi connectivity index (χ0n) is 9.51. The van der Waals surface area contributed by atoms with Gasteiger partial charge in [0.1, 0.15) is 5.75 Å². The van der Waals surface area contributed by atoms with E-state index in [1.54, 1.807) is 7.11 Å². The normalized spacial score (nSPS) is 12.3. The van der Waals surface area contributed by atoms with Crippen molar-refractivity contribution in [3.05, 3.63) is 23.2 Å². The van der Waals surface area contributed by atoms with Crippen molar-refractivity contribution in [1.82, 2.24) is 0 Å². The molecule has 84 valence electrons. The minimum Gasteiger partial charge on any atom is -0.495 e. The average molecular weight is 228 g/mol. The average Bonchev–Trinajstić information content (AvgIpc) is 2.18. The molecule has 0 unspecified atom stereocenters. The summed E-state index contributed by atoms with van der Waals surface area (Å²) in [5.41, 5.74) is 1.04. The first-order valence-corrected chi connectivity index (χ1v) is 5.65. The number of ether oxygens (including phenoxy) is 1. The summed E-state index contributed by atoms with van der Waals surface area (Å²) in [6, 6.07) is 6.23. The highest BCUT2D eigenvalue weighted by atomic mass is 35.5. The van der Waals surface area contributed by atoms with Gasteiger partial charge in [0.15, 0.2) is 0 Å². The van der Waals surface area contributed by atoms with E-state index in [1.165, 1.54) is 6.42 Å². The molecule has 3 heteroatoms. The molecule has 2 nitrogen and oxygen atoms in total. The van der Waals surface area contributed by atoms with Crippen LogP contribution in [0.15, 0.2) is 18.2 Å². The minimum atomic E-state index is 0.472. The molecule has 15 heavy (non-hydrogen) atoms. The summed E-state index contributed by atoms with van der Waals surface area (Å²) in [5.74, 6) is 0.713. The van der Waals surface area contributed by atoms with Gasteiger partial charge >= 0.3 is 0 Å². The summed E-state index contributed by atoms with van der Waals surface area (Å²) in [4.78, 5) is 0. The summed E-state index contributed by atoms with van der Waals surface area (Å²) >= 11 is 6.03. The Kier molecular flexibility index (Phi) is 4.76. The summed E-state index contributed by atoms with van der Waals surface area (Å²) in [6.07, 6.45) is 2.34. The second-order valence-corrected chi connectivity index (χ2v) is 4.09. The van der Waals surface area contributed by atoms with Gasteiger partial charge in [0.25, 0.3) is 0 Å². The van der Waals surface area contributed by atoms with E-state index in [4.69, 9.17) is 16.3 Å². The fraction of sp³-hybridized carbons (Fsp3) is 0.500. The fourth-order valence-electron chi connectivity index (χ4n) is 1.55. The Balaban J connectivity index is 2.66. The molecule has 0 radical (unpaired) electrons. The molecule has 1 aromatic rings. The van der Waals surface area contributed by atoms with Gasteiger partial charge in [-0.25, -0.2) is 0 Å². The molecule has 0 amide bonds. The van der Waals surface area contributed by atoms with Crippen molar-refractivity contribution in [1.29, 1.82) is 0 Å². The number of nitrogens with one attached hydrogen (secondary N) is 1. The van der Waals surface area contributed by atoms with Gasteiger partial charge in [-0.05, 0) is 31.5 Å². The zero-order valence-corrected chi connectivity index (χ0v) is 10.3. The van der Waals surface area contributed by atoms with Gasteiger partial charge in [-0.3, -0.25) is 0 Å². The van der Waals surface area contributed by atoms with Gasteiger partial charge in [-0.1, -0.05) is 24.9 Å². The third-order valence-corrected chi connectivity index (χ3v) is 2.58. The number of halogens is 1. The number of anilines is 1. The van der Waals surface area contributed by atoms with E-state index in [0.717, 1.165) is 12.1 Å². The summed E-state index contributed by atoms with van der Waals surface area (Å²) in [5, 5.41) is 4.04. The molecular formula is C12H18ClNO. The Bertz CT molecular complexity index is 314. The van der Waals surface area contributed by atoms with Gasteiger partial charge in [0, 0.05) is 11.7 Å². The summed E-state index contributed by atoms with van der Waals surface area (Å²) < 4.78 is 5.09. The molecule has 0 fully saturated rings. The van der Waals surface area contributed by atoms with E-state index in [1.807, 2.05) is 18.2 Å². The molecule has 1 aromatic carbocycles. The van der Waals surface area contributed by atoms with Crippen LogP contribution in [0.3, 0.4) is 0 Å². The van der Waals surface area contributed by atoms with Crippen LogP contribution in [0.2, 0.25) is 5.02 Å². The van der Waals surface area contributed by atoms with Crippen LogP contribution < -0.4 is 10.1 Å². The predicted octanol–water partition coefficient (Wildman–Crippen LogP) is 3.95. The van der Waals surface area contributed by atoms with E-state index in [9.17, 15) is 0 Å². The van der Waals surface area contributed by atoms with Crippen LogP contribution in [0, 0.1) is 0 Å². The molecule has 0 bridgehead atoms. The lowest BCUT2D eigenvalue weighted by atomic mass is 10.2. The summed E-state index contributed by atoms with van der Waals surface area (Å²) in [6.45, 7) is 4.35. The Hall–Kier alpha value is -0.890. The van der Waals surface area contributed by atoms with Crippen LogP contribution >= 0.6 is 11.6 Å². The number of hydrogen-bond acceptors (Lipinski definition) is 2. The Morgan fingerprint density at radius 1 is 1.47 bits per heavy atom. The number of rotatable bonds is 5. The molecule has 0 heterocycles. The maximum Gasteiger partial charge on any atom is 0.137 e. The third-order valence-electron chi connectivity index (χ3n) is 2.29. The number of hydrogen-bond donors (Lipinski definition) is 1. The van der Waals surface area contributed by atoms with Crippen LogP contribution in [-0.2, 0) is 0 Å². The van der Waals surface area contributed by atoms with Crippen molar-refractivity contribution in [2.24, 2.45) is 0 Å². The van der Waals surface area contributed by atoms with E-state index in [2.05, 4.69) is 19.2 Å². The van der Waals surface area contributed by atoms with E-state index in [-0.39, 0.29) is 0 Å². The van der Waals surface area contributed by atoms with Crippen molar-refractivity contribution in [3.8, 4) is 5.75 Å². The van der Waals surface area contributed by atoms with Crippen LogP contribution in [0.5, 0.6) is 5.75 Å². The molecule has 0 aliphatic rings. The molecule has 0 aliphatic carbocycles. The monoisotopic (exact) mass is 227 g/mol. The van der Waals surface area contributed by atoms with Gasteiger partial charge in [-0.15, -0.1) is 0 Å². The zero-order chi connectivity index (χ0) is 11.3. The van der Waals surface area contributed by atoms with Crippen molar-refractivity contribution < 1.29 is 4.74 Å². The predicted molar refractivity (Wildman–Crippen MR) is 66.0 cm³/mol.